The number of nitrogens with one attached hydrogen (secondary N) is 1. The van der Waals surface area contributed by atoms with Crippen molar-refractivity contribution in [3.63, 3.8) is 0 Å². The minimum absolute atomic E-state index is 0.0174. The Bertz CT molecular complexity index is 1390. The molecule has 2 heterocycles. The maximum absolute atomic E-state index is 12.9. The van der Waals surface area contributed by atoms with E-state index in [9.17, 15) is 16.8 Å². The monoisotopic (exact) mass is 562 g/mol. The highest BCUT2D eigenvalue weighted by Crippen LogP contribution is 2.49. The fourth-order valence-corrected chi connectivity index (χ4v) is 9.63. The number of hydrogen-bond donors (Lipinski definition) is 1. The molecular weight excluding hydrogens is 554 g/mol. The van der Waals surface area contributed by atoms with Crippen molar-refractivity contribution in [2.24, 2.45) is 0 Å². The van der Waals surface area contributed by atoms with Crippen LogP contribution in [0.1, 0.15) is 16.0 Å². The Morgan fingerprint density at radius 2 is 1.77 bits per heavy atom. The second-order valence-corrected chi connectivity index (χ2v) is 14.3. The summed E-state index contributed by atoms with van der Waals surface area (Å²) in [7, 11) is -2.53. The van der Waals surface area contributed by atoms with Crippen molar-refractivity contribution in [1.29, 1.82) is 0 Å². The van der Waals surface area contributed by atoms with Crippen LogP contribution >= 0.6 is 68.2 Å². The number of anilines is 1. The lowest BCUT2D eigenvalue weighted by molar-refractivity contribution is 0.600. The molecule has 6 nitrogen and oxygen atoms in total. The smallest absolute Gasteiger partial charge is 0.255 e. The minimum Gasteiger partial charge on any atom is -0.255 e. The van der Waals surface area contributed by atoms with Gasteiger partial charge in [-0.3, -0.25) is 4.72 Å². The summed E-state index contributed by atoms with van der Waals surface area (Å²) in [4.78, 5) is 4.98. The number of aromatic nitrogens is 1. The predicted octanol–water partition coefficient (Wildman–Crippen LogP) is 5.97. The Labute approximate surface area is 200 Å². The topological polar surface area (TPSA) is 93.2 Å². The molecule has 0 unspecified atom stereocenters. The van der Waals surface area contributed by atoms with E-state index in [1.54, 1.807) is 6.92 Å². The van der Waals surface area contributed by atoms with Crippen molar-refractivity contribution >= 4 is 92.4 Å². The Morgan fingerprint density at radius 1 is 1.07 bits per heavy atom. The fourth-order valence-electron chi connectivity index (χ4n) is 3.24. The molecule has 0 atom stereocenters. The number of benzene rings is 1. The molecule has 1 N–H and O–H groups in total. The van der Waals surface area contributed by atoms with Gasteiger partial charge in [0.25, 0.3) is 19.1 Å². The highest BCUT2D eigenvalue weighted by Gasteiger charge is 2.33. The van der Waals surface area contributed by atoms with E-state index >= 15 is 0 Å². The van der Waals surface area contributed by atoms with Crippen molar-refractivity contribution < 1.29 is 16.8 Å². The molecule has 0 spiro atoms. The summed E-state index contributed by atoms with van der Waals surface area (Å²) in [5.74, 6) is 0. The molecule has 0 amide bonds. The maximum atomic E-state index is 12.9. The summed E-state index contributed by atoms with van der Waals surface area (Å²) in [5, 5.41) is 0.382. The molecule has 1 aromatic carbocycles. The van der Waals surface area contributed by atoms with Gasteiger partial charge in [0.2, 0.25) is 0 Å². The van der Waals surface area contributed by atoms with Gasteiger partial charge in [-0.2, -0.15) is 0 Å². The lowest BCUT2D eigenvalue weighted by Gasteiger charge is -2.11. The first-order valence-corrected chi connectivity index (χ1v) is 14.7. The Balaban J connectivity index is 1.79. The largest absolute Gasteiger partial charge is 0.271 e. The van der Waals surface area contributed by atoms with Crippen molar-refractivity contribution in [3.05, 3.63) is 42.5 Å². The van der Waals surface area contributed by atoms with Crippen molar-refractivity contribution in [2.75, 3.05) is 4.72 Å². The molecule has 1 aliphatic carbocycles. The molecule has 0 bridgehead atoms. The van der Waals surface area contributed by atoms with Gasteiger partial charge in [0.05, 0.1) is 15.1 Å². The molecule has 0 fully saturated rings. The molecule has 4 rings (SSSR count). The van der Waals surface area contributed by atoms with Crippen LogP contribution in [0, 0.1) is 6.92 Å². The second-order valence-electron chi connectivity index (χ2n) is 6.38. The van der Waals surface area contributed by atoms with Crippen LogP contribution in [0.2, 0.25) is 14.4 Å². The number of thiophene rings is 1. The summed E-state index contributed by atoms with van der Waals surface area (Å²) in [6.45, 7) is 1.58. The van der Waals surface area contributed by atoms with E-state index in [0.29, 0.717) is 44.6 Å². The van der Waals surface area contributed by atoms with E-state index in [-0.39, 0.29) is 19.3 Å². The molecule has 1 aliphatic rings. The van der Waals surface area contributed by atoms with Crippen molar-refractivity contribution in [1.82, 2.24) is 4.98 Å². The summed E-state index contributed by atoms with van der Waals surface area (Å²) in [6, 6.07) is 2.83. The zero-order valence-electron chi connectivity index (χ0n) is 14.8. The van der Waals surface area contributed by atoms with Gasteiger partial charge in [0.1, 0.15) is 9.10 Å². The summed E-state index contributed by atoms with van der Waals surface area (Å²) >= 11 is 20.2. The average molecular weight is 564 g/mol. The maximum Gasteiger partial charge on any atom is 0.271 e. The van der Waals surface area contributed by atoms with Crippen LogP contribution in [0.25, 0.3) is 11.3 Å². The zero-order valence-corrected chi connectivity index (χ0v) is 21.1. The lowest BCUT2D eigenvalue weighted by atomic mass is 9.98. The molecule has 3 aromatic rings. The van der Waals surface area contributed by atoms with Gasteiger partial charge in [-0.05, 0) is 43.0 Å². The minimum atomic E-state index is -4.06. The molecule has 30 heavy (non-hydrogen) atoms. The van der Waals surface area contributed by atoms with Crippen LogP contribution in [-0.2, 0) is 31.9 Å². The van der Waals surface area contributed by atoms with E-state index in [0.717, 1.165) is 27.6 Å². The van der Waals surface area contributed by atoms with Crippen LogP contribution in [0.3, 0.4) is 0 Å². The number of halogens is 4. The Morgan fingerprint density at radius 3 is 2.40 bits per heavy atom. The first-order chi connectivity index (χ1) is 13.9. The normalized spacial score (nSPS) is 13.8. The molecule has 0 saturated carbocycles. The quantitative estimate of drug-likeness (QED) is 0.395. The first-order valence-electron chi connectivity index (χ1n) is 8.13. The van der Waals surface area contributed by atoms with Gasteiger partial charge in [0.15, 0.2) is 5.13 Å². The van der Waals surface area contributed by atoms with Crippen LogP contribution in [-0.4, -0.2) is 21.8 Å². The zero-order chi connectivity index (χ0) is 22.0. The number of rotatable bonds is 4. The van der Waals surface area contributed by atoms with Gasteiger partial charge < -0.3 is 0 Å². The predicted molar refractivity (Wildman–Crippen MR) is 123 cm³/mol. The molecule has 14 heteroatoms. The van der Waals surface area contributed by atoms with Crippen LogP contribution < -0.4 is 4.72 Å². The van der Waals surface area contributed by atoms with Gasteiger partial charge in [0, 0.05) is 26.1 Å². The lowest BCUT2D eigenvalue weighted by Crippen LogP contribution is -2.14. The second kappa shape index (κ2) is 7.77. The van der Waals surface area contributed by atoms with Crippen molar-refractivity contribution in [3.8, 4) is 11.3 Å². The molecular formula is C16H10Cl4N2O4S4. The van der Waals surface area contributed by atoms with E-state index in [1.165, 1.54) is 12.1 Å². The van der Waals surface area contributed by atoms with Gasteiger partial charge in [-0.25, -0.2) is 21.8 Å². The van der Waals surface area contributed by atoms with E-state index in [4.69, 9.17) is 45.5 Å². The number of hydrogen-bond acceptors (Lipinski definition) is 7. The van der Waals surface area contributed by atoms with Crippen LogP contribution in [0.5, 0.6) is 0 Å². The highest BCUT2D eigenvalue weighted by atomic mass is 35.7. The van der Waals surface area contributed by atoms with Gasteiger partial charge in [-0.1, -0.05) is 34.8 Å². The number of thiazole rings is 1. The van der Waals surface area contributed by atoms with Crippen molar-refractivity contribution in [2.45, 2.75) is 28.9 Å². The number of fused-ring (bicyclic) bond motifs is 3. The molecule has 0 saturated heterocycles. The highest BCUT2D eigenvalue weighted by molar-refractivity contribution is 8.15. The van der Waals surface area contributed by atoms with Gasteiger partial charge in [-0.15, -0.1) is 22.7 Å². The number of nitrogens with zero attached hydrogens (tertiary/aromatic N) is 1. The molecule has 2 aromatic heterocycles. The average Bonchev–Trinajstić information content (AvgIpc) is 3.13. The van der Waals surface area contributed by atoms with E-state index < -0.39 is 19.1 Å². The first kappa shape index (κ1) is 22.6. The summed E-state index contributed by atoms with van der Waals surface area (Å²) in [5.41, 5.74) is 1.72. The molecule has 160 valence electrons. The summed E-state index contributed by atoms with van der Waals surface area (Å²) in [6.07, 6.45) is 1.04. The van der Waals surface area contributed by atoms with Crippen LogP contribution in [0.4, 0.5) is 5.13 Å². The SMILES string of the molecule is Cc1cc(Cl)cc(Cl)c1S(=O)(=O)Nc1nc2c(s1)CCc1c(Cl)sc(S(=O)(=O)Cl)c1-2. The number of aryl methyl sites for hydroxylation is 2. The third-order valence-corrected chi connectivity index (χ3v) is 11.3. The molecule has 0 radical (unpaired) electrons. The molecule has 0 aliphatic heterocycles. The van der Waals surface area contributed by atoms with E-state index in [2.05, 4.69) is 9.71 Å². The van der Waals surface area contributed by atoms with Gasteiger partial charge >= 0.3 is 0 Å². The van der Waals surface area contributed by atoms with E-state index in [1.807, 2.05) is 0 Å². The number of sulfonamides is 1. The third kappa shape index (κ3) is 3.97. The van der Waals surface area contributed by atoms with Crippen LogP contribution in [0.15, 0.2) is 21.2 Å². The Kier molecular flexibility index (Phi) is 5.85. The standard InChI is InChI=1S/C16H10Cl4N2O4S4/c1-6-4-7(17)5-9(18)13(6)30(25,26)22-16-21-12-10(27-16)3-2-8-11(12)15(28-14(8)19)29(20,23)24/h4-5H,2-3H2,1H3,(H,21,22). The third-order valence-electron chi connectivity index (χ3n) is 4.37. The fraction of sp³-hybridized carbons (Fsp3) is 0.188. The summed E-state index contributed by atoms with van der Waals surface area (Å²) < 4.78 is 52.5. The Hall–Kier alpha value is -0.590.